The lowest BCUT2D eigenvalue weighted by atomic mass is 9.87. The third-order valence-corrected chi connectivity index (χ3v) is 25.1. The Morgan fingerprint density at radius 1 is 0.706 bits per heavy atom. The number of carbonyl (C=O) groups is 5. The molecule has 1 unspecified atom stereocenters. The number of amides is 8. The fourth-order valence-electron chi connectivity index (χ4n) is 10.1. The highest BCUT2D eigenvalue weighted by molar-refractivity contribution is 8.11. The van der Waals surface area contributed by atoms with Crippen molar-refractivity contribution in [3.05, 3.63) is 49.2 Å². The Morgan fingerprint density at radius 3 is 1.65 bits per heavy atom. The minimum Gasteiger partial charge on any atom is -0.394 e. The van der Waals surface area contributed by atoms with Gasteiger partial charge in [-0.15, -0.1) is 94.5 Å². The number of ether oxygens (including phenoxy) is 1. The molecule has 0 radical (unpaired) electrons. The monoisotopic (exact) mass is 1730 g/mol. The number of rotatable bonds is 27. The number of primary amides is 2. The maximum Gasteiger partial charge on any atom is 0.352 e. The fourth-order valence-corrected chi connectivity index (χ4v) is 18.0. The van der Waals surface area contributed by atoms with Crippen LogP contribution in [-0.2, 0) is 32.7 Å². The summed E-state index contributed by atoms with van der Waals surface area (Å²) in [7, 11) is 5.09. The standard InChI is InChI=1S/C10H18ClN3O2.C9H16ClN3O2.C8H15N3O7.C7H15Cl2N2O2P.C6H6N6O2.C6H10N6O.C6H12N3PS.C5H11Cl2N/c1-8-2-4-9(5-3-8)12-10(15)14(13-16)7-6-11;10-6-7-13(12-15)9(14)11-8-4-2-1-3-5-8;1-11(10-17)8(16)9-4-6(14)5(13)3(2-12)18-7(4)15;8-2-5-11(6-3-9)14(12)10-4-1-7-13-14;1-11-6(14)12-2-8-3(4(7)13)5(12)9-10-11;1-12(2)11-10-6-4(5(7)13)8-3-9-6;11-10(7-1-2-7,8-3-4-8)9-5-6-9;1-8(4-2-6)5-3-7/h8-9H,2-7H2,1H3,(H,12,15);8H,1-7H2,(H,11,14);3-7,12-15H,2H2,1H3,(H,9,16);1-7H2,(H,10,12);2H,1H3,(H2,7,13);3H,1-2H3,(H2,7,13)(H,8,9);1-6H2;2-5H2,1H3/t;;3-,4-,5-,6-,7+;;;;;/m..1...../s1. The molecular weight excluding hydrogens is 1630 g/mol. The first-order valence-corrected chi connectivity index (χ1v) is 42.0. The van der Waals surface area contributed by atoms with Gasteiger partial charge in [0.1, 0.15) is 37.2 Å². The number of nitrogens with one attached hydrogen (secondary N) is 5. The minimum atomic E-state index is -2.84. The van der Waals surface area contributed by atoms with Crippen LogP contribution in [0.15, 0.2) is 43.6 Å². The number of urea groups is 3. The van der Waals surface area contributed by atoms with Gasteiger partial charge >= 0.3 is 31.5 Å². The summed E-state index contributed by atoms with van der Waals surface area (Å²) in [5.74, 6) is 2.22. The number of alkyl halides is 6. The first kappa shape index (κ1) is 97.8. The molecule has 2 saturated carbocycles. The third kappa shape index (κ3) is 34.0. The average molecular weight is 1730 g/mol. The number of hydrogen-bond donors (Lipinski definition) is 11. The summed E-state index contributed by atoms with van der Waals surface area (Å²) in [5.41, 5.74) is 9.79. The molecule has 7 aliphatic rings. The van der Waals surface area contributed by atoms with E-state index in [0.717, 1.165) is 109 Å². The Bertz CT molecular complexity index is 3380. The number of aliphatic hydroxyl groups is 4. The lowest BCUT2D eigenvalue weighted by Gasteiger charge is -2.40. The molecule has 0 aromatic carbocycles. The maximum absolute atomic E-state index is 12.2. The van der Waals surface area contributed by atoms with E-state index in [1.54, 1.807) is 18.8 Å². The molecular formula is C57H103Cl6N27O16P2S. The van der Waals surface area contributed by atoms with Gasteiger partial charge in [0.25, 0.3) is 11.8 Å². The highest BCUT2D eigenvalue weighted by atomic mass is 35.5. The second-order valence-electron chi connectivity index (χ2n) is 24.9. The number of carbonyl (C=O) groups excluding carboxylic acids is 5. The van der Waals surface area contributed by atoms with E-state index in [4.69, 9.17) is 107 Å². The number of imidazole rings is 2. The van der Waals surface area contributed by atoms with Gasteiger partial charge in [0, 0.05) is 148 Å². The highest BCUT2D eigenvalue weighted by Crippen LogP contribution is 2.65. The van der Waals surface area contributed by atoms with Crippen LogP contribution in [-0.4, -0.2) is 333 Å². The van der Waals surface area contributed by atoms with Crippen molar-refractivity contribution in [2.24, 2.45) is 50.6 Å². The van der Waals surface area contributed by atoms with Crippen molar-refractivity contribution < 1.29 is 58.2 Å². The molecule has 6 atom stereocenters. The topological polar surface area (TPSA) is 537 Å². The van der Waals surface area contributed by atoms with Gasteiger partial charge in [-0.3, -0.25) is 19.2 Å². The highest BCUT2D eigenvalue weighted by Gasteiger charge is 2.51. The Hall–Kier alpha value is -5.42. The first-order valence-electron chi connectivity index (χ1n) is 34.6. The van der Waals surface area contributed by atoms with Crippen LogP contribution >= 0.6 is 83.8 Å². The van der Waals surface area contributed by atoms with Crippen LogP contribution in [0.4, 0.5) is 20.2 Å². The van der Waals surface area contributed by atoms with E-state index in [0.29, 0.717) is 48.2 Å². The summed E-state index contributed by atoms with van der Waals surface area (Å²) in [4.78, 5) is 110. The van der Waals surface area contributed by atoms with Gasteiger partial charge < -0.3 is 67.0 Å². The van der Waals surface area contributed by atoms with Crippen molar-refractivity contribution in [3.63, 3.8) is 0 Å². The van der Waals surface area contributed by atoms with Crippen molar-refractivity contribution in [2.45, 2.75) is 114 Å². The molecule has 13 N–H and O–H groups in total. The third-order valence-electron chi connectivity index (χ3n) is 16.3. The fraction of sp³-hybridized carbons (Fsp3) is 0.789. The second kappa shape index (κ2) is 52.1. The number of aromatic amines is 1. The Balaban J connectivity index is 0.000000325. The zero-order valence-electron chi connectivity index (χ0n) is 61.6. The number of H-pyrrole nitrogens is 1. The molecule has 0 bridgehead atoms. The van der Waals surface area contributed by atoms with E-state index in [9.17, 15) is 63.4 Å². The maximum atomic E-state index is 12.2. The van der Waals surface area contributed by atoms with Crippen LogP contribution in [0.1, 0.15) is 92.1 Å². The zero-order valence-corrected chi connectivity index (χ0v) is 68.7. The lowest BCUT2D eigenvalue weighted by Crippen LogP contribution is -2.64. The normalized spacial score (nSPS) is 22.2. The summed E-state index contributed by atoms with van der Waals surface area (Å²) in [6.45, 7) is 12.3. The molecule has 8 heterocycles. The smallest absolute Gasteiger partial charge is 0.352 e. The van der Waals surface area contributed by atoms with E-state index in [2.05, 4.69) is 98.3 Å². The molecule has 5 saturated heterocycles. The van der Waals surface area contributed by atoms with Gasteiger partial charge in [0.05, 0.1) is 48.5 Å². The number of aliphatic hydroxyl groups excluding tert-OH is 4. The Labute approximate surface area is 665 Å². The first-order chi connectivity index (χ1) is 51.9. The van der Waals surface area contributed by atoms with E-state index < -0.39 is 87.0 Å². The van der Waals surface area contributed by atoms with E-state index in [1.165, 1.54) is 70.4 Å². The number of nitrogens with zero attached hydrogens (tertiary/aromatic N) is 20. The van der Waals surface area contributed by atoms with Crippen molar-refractivity contribution in [3.8, 4) is 0 Å². The second-order valence-corrected chi connectivity index (χ2v) is 33.6. The van der Waals surface area contributed by atoms with Crippen LogP contribution in [0, 0.1) is 20.6 Å². The quantitative estimate of drug-likeness (QED) is 0.0130. The van der Waals surface area contributed by atoms with Gasteiger partial charge in [-0.2, -0.15) is 19.7 Å². The van der Waals surface area contributed by atoms with Crippen molar-refractivity contribution >= 4 is 137 Å². The molecule has 5 aliphatic heterocycles. The molecule has 3 aromatic rings. The molecule has 43 nitrogen and oxygen atoms in total. The van der Waals surface area contributed by atoms with Crippen LogP contribution in [0.3, 0.4) is 0 Å². The zero-order chi connectivity index (χ0) is 81.4. The van der Waals surface area contributed by atoms with E-state index in [-0.39, 0.29) is 59.8 Å². The largest absolute Gasteiger partial charge is 0.394 e. The molecule has 52 heteroatoms. The number of aromatic nitrogens is 7. The molecule has 7 fully saturated rings. The SMILES string of the molecule is CC1CCC(NC(=O)N(CCCl)N=O)CC1.CN(C)N=Nc1nc[nH]c1C(N)=O.CN(CCCl)CCCl.CN(N=O)C(=O)N[C@@H]1[C@@H](O)[C@H](O)[C@@H](CO)O[C@@H]1O.Cn1nnc2c(C(N)=O)ncn2c1=O.O=NN(CCCl)C(=O)NC1CCCCC1.O=P1(N(CCCl)CCCl)NCCCO1.S=P(N1CC1)(N1CC1)N1CC1. The van der Waals surface area contributed by atoms with E-state index in [1.807, 2.05) is 7.05 Å². The van der Waals surface area contributed by atoms with E-state index >= 15 is 0 Å². The summed E-state index contributed by atoms with van der Waals surface area (Å²) in [6, 6.07) is -2.84. The summed E-state index contributed by atoms with van der Waals surface area (Å²) in [5, 5.41) is 73.8. The molecule has 0 spiro atoms. The Morgan fingerprint density at radius 2 is 1.22 bits per heavy atom. The van der Waals surface area contributed by atoms with Crippen LogP contribution in [0.2, 0.25) is 0 Å². The minimum absolute atomic E-state index is 0.0600. The number of hydrogen-bond acceptors (Lipinski definition) is 27. The number of nitrogens with two attached hydrogens (primary N) is 2. The predicted molar refractivity (Wildman–Crippen MR) is 415 cm³/mol. The summed E-state index contributed by atoms with van der Waals surface area (Å²) >= 11 is 38.8. The van der Waals surface area contributed by atoms with Gasteiger partial charge in [-0.05, 0) is 69.7 Å². The predicted octanol–water partition coefficient (Wildman–Crippen LogP) is 3.29. The van der Waals surface area contributed by atoms with Crippen molar-refractivity contribution in [1.82, 2.24) is 99.0 Å². The molecule has 2 aliphatic carbocycles. The van der Waals surface area contributed by atoms with Gasteiger partial charge in [-0.25, -0.2) is 57.3 Å². The molecule has 8 amide bonds. The van der Waals surface area contributed by atoms with Crippen LogP contribution in [0.25, 0.3) is 5.65 Å². The number of halogens is 6. The molecule has 3 aromatic heterocycles. The molecule has 10 rings (SSSR count). The van der Waals surface area contributed by atoms with Gasteiger partial charge in [0.2, 0.25) is 5.82 Å². The number of nitroso groups, excluding NO2 is 3. The van der Waals surface area contributed by atoms with Crippen LogP contribution in [0.5, 0.6) is 0 Å². The van der Waals surface area contributed by atoms with Crippen molar-refractivity contribution in [1.29, 1.82) is 0 Å². The van der Waals surface area contributed by atoms with Gasteiger partial charge in [0.15, 0.2) is 23.3 Å². The average Bonchev–Trinajstić information content (AvgIpc) is 1.58. The molecule has 620 valence electrons. The number of fused-ring (bicyclic) bond motifs is 1. The van der Waals surface area contributed by atoms with Crippen molar-refractivity contribution in [2.75, 3.05) is 162 Å². The molecule has 109 heavy (non-hydrogen) atoms. The summed E-state index contributed by atoms with van der Waals surface area (Å²) < 4.78 is 33.6. The number of aryl methyl sites for hydroxylation is 1. The lowest BCUT2D eigenvalue weighted by molar-refractivity contribution is -0.252. The Kier molecular flexibility index (Phi) is 46.7. The van der Waals surface area contributed by atoms with Crippen LogP contribution < -0.4 is 38.2 Å². The van der Waals surface area contributed by atoms with Gasteiger partial charge in [-0.1, -0.05) is 36.6 Å². The summed E-state index contributed by atoms with van der Waals surface area (Å²) in [6.07, 6.45) is 7.22.